The molecular weight excluding hydrogens is 196 g/mol. The second kappa shape index (κ2) is 5.05. The SMILES string of the molecule is CC(C)N(C)C1(CN)CCCC(C)(C)CC1. The zero-order valence-electron chi connectivity index (χ0n) is 11.8. The Bertz CT molecular complexity index is 223. The summed E-state index contributed by atoms with van der Waals surface area (Å²) >= 11 is 0. The van der Waals surface area contributed by atoms with Gasteiger partial charge < -0.3 is 5.73 Å². The predicted octanol–water partition coefficient (Wildman–Crippen LogP) is 3.01. The van der Waals surface area contributed by atoms with Gasteiger partial charge in [-0.3, -0.25) is 4.90 Å². The molecule has 1 unspecified atom stereocenters. The monoisotopic (exact) mass is 226 g/mol. The summed E-state index contributed by atoms with van der Waals surface area (Å²) in [5.74, 6) is 0. The molecule has 0 amide bonds. The van der Waals surface area contributed by atoms with Gasteiger partial charge in [-0.05, 0) is 52.0 Å². The number of nitrogens with zero attached hydrogens (tertiary/aromatic N) is 1. The van der Waals surface area contributed by atoms with E-state index >= 15 is 0 Å². The number of hydrogen-bond acceptors (Lipinski definition) is 2. The molecule has 1 fully saturated rings. The highest BCUT2D eigenvalue weighted by Gasteiger charge is 2.38. The third-order valence-corrected chi connectivity index (χ3v) is 4.67. The number of likely N-dealkylation sites (N-methyl/N-ethyl adjacent to an activating group) is 1. The Morgan fingerprint density at radius 3 is 2.25 bits per heavy atom. The predicted molar refractivity (Wildman–Crippen MR) is 71.6 cm³/mol. The van der Waals surface area contributed by atoms with Crippen LogP contribution in [-0.2, 0) is 0 Å². The van der Waals surface area contributed by atoms with E-state index in [0.717, 1.165) is 6.54 Å². The molecule has 0 aliphatic heterocycles. The first-order chi connectivity index (χ1) is 7.33. The fourth-order valence-corrected chi connectivity index (χ4v) is 2.97. The zero-order chi connectivity index (χ0) is 12.4. The molecule has 0 saturated heterocycles. The minimum absolute atomic E-state index is 0.252. The van der Waals surface area contributed by atoms with Crippen LogP contribution in [-0.4, -0.2) is 30.1 Å². The number of rotatable bonds is 3. The normalized spacial score (nSPS) is 30.8. The van der Waals surface area contributed by atoms with Gasteiger partial charge in [-0.15, -0.1) is 0 Å². The topological polar surface area (TPSA) is 29.3 Å². The standard InChI is InChI=1S/C14H30N2/c1-12(2)16(5)14(11-15)8-6-7-13(3,4)9-10-14/h12H,6-11,15H2,1-5H3. The van der Waals surface area contributed by atoms with Crippen LogP contribution in [0, 0.1) is 5.41 Å². The quantitative estimate of drug-likeness (QED) is 0.750. The van der Waals surface area contributed by atoms with E-state index in [2.05, 4.69) is 39.6 Å². The van der Waals surface area contributed by atoms with E-state index < -0.39 is 0 Å². The van der Waals surface area contributed by atoms with Crippen molar-refractivity contribution in [3.8, 4) is 0 Å². The van der Waals surface area contributed by atoms with Crippen LogP contribution in [0.4, 0.5) is 0 Å². The van der Waals surface area contributed by atoms with Crippen molar-refractivity contribution in [2.45, 2.75) is 71.4 Å². The molecule has 16 heavy (non-hydrogen) atoms. The molecule has 0 aromatic rings. The van der Waals surface area contributed by atoms with Crippen molar-refractivity contribution in [3.63, 3.8) is 0 Å². The molecule has 0 aromatic carbocycles. The fourth-order valence-electron chi connectivity index (χ4n) is 2.97. The van der Waals surface area contributed by atoms with Crippen LogP contribution >= 0.6 is 0 Å². The highest BCUT2D eigenvalue weighted by Crippen LogP contribution is 2.40. The lowest BCUT2D eigenvalue weighted by molar-refractivity contribution is 0.0739. The summed E-state index contributed by atoms with van der Waals surface area (Å²) in [4.78, 5) is 2.51. The van der Waals surface area contributed by atoms with Crippen LogP contribution in [0.5, 0.6) is 0 Å². The molecule has 2 nitrogen and oxygen atoms in total. The first kappa shape index (κ1) is 14.0. The van der Waals surface area contributed by atoms with Crippen LogP contribution in [0.15, 0.2) is 0 Å². The van der Waals surface area contributed by atoms with Crippen molar-refractivity contribution in [1.29, 1.82) is 0 Å². The Kier molecular flexibility index (Phi) is 4.42. The molecule has 1 atom stereocenters. The molecule has 1 saturated carbocycles. The van der Waals surface area contributed by atoms with E-state index in [9.17, 15) is 0 Å². The van der Waals surface area contributed by atoms with Gasteiger partial charge in [0.15, 0.2) is 0 Å². The molecule has 1 aliphatic rings. The third-order valence-electron chi connectivity index (χ3n) is 4.67. The minimum atomic E-state index is 0.252. The summed E-state index contributed by atoms with van der Waals surface area (Å²) in [6, 6.07) is 0.588. The van der Waals surface area contributed by atoms with Crippen LogP contribution < -0.4 is 5.73 Å². The largest absolute Gasteiger partial charge is 0.329 e. The first-order valence-electron chi connectivity index (χ1n) is 6.76. The smallest absolute Gasteiger partial charge is 0.0331 e. The molecule has 0 radical (unpaired) electrons. The molecule has 0 spiro atoms. The highest BCUT2D eigenvalue weighted by molar-refractivity contribution is 4.95. The van der Waals surface area contributed by atoms with Crippen molar-refractivity contribution in [2.75, 3.05) is 13.6 Å². The molecule has 0 heterocycles. The zero-order valence-corrected chi connectivity index (χ0v) is 11.8. The van der Waals surface area contributed by atoms with Crippen molar-refractivity contribution >= 4 is 0 Å². The van der Waals surface area contributed by atoms with Crippen molar-refractivity contribution in [2.24, 2.45) is 11.1 Å². The Morgan fingerprint density at radius 1 is 1.12 bits per heavy atom. The second-order valence-corrected chi connectivity index (χ2v) is 6.65. The van der Waals surface area contributed by atoms with Crippen molar-refractivity contribution in [1.82, 2.24) is 4.90 Å². The average molecular weight is 226 g/mol. The van der Waals surface area contributed by atoms with Gasteiger partial charge in [-0.2, -0.15) is 0 Å². The van der Waals surface area contributed by atoms with Gasteiger partial charge >= 0.3 is 0 Å². The van der Waals surface area contributed by atoms with Gasteiger partial charge in [-0.1, -0.05) is 20.3 Å². The molecular formula is C14H30N2. The lowest BCUT2D eigenvalue weighted by atomic mass is 9.82. The summed E-state index contributed by atoms with van der Waals surface area (Å²) < 4.78 is 0. The molecule has 0 bridgehead atoms. The number of hydrogen-bond donors (Lipinski definition) is 1. The molecule has 1 rings (SSSR count). The van der Waals surface area contributed by atoms with Gasteiger partial charge in [0.25, 0.3) is 0 Å². The van der Waals surface area contributed by atoms with Gasteiger partial charge in [0.2, 0.25) is 0 Å². The van der Waals surface area contributed by atoms with E-state index in [4.69, 9.17) is 5.73 Å². The summed E-state index contributed by atoms with van der Waals surface area (Å²) in [5.41, 5.74) is 6.85. The van der Waals surface area contributed by atoms with Gasteiger partial charge in [-0.25, -0.2) is 0 Å². The van der Waals surface area contributed by atoms with E-state index in [0.29, 0.717) is 11.5 Å². The van der Waals surface area contributed by atoms with E-state index in [1.54, 1.807) is 0 Å². The van der Waals surface area contributed by atoms with E-state index in [-0.39, 0.29) is 5.54 Å². The van der Waals surface area contributed by atoms with Crippen LogP contribution in [0.25, 0.3) is 0 Å². The summed E-state index contributed by atoms with van der Waals surface area (Å²) in [7, 11) is 2.25. The molecule has 0 aromatic heterocycles. The van der Waals surface area contributed by atoms with Crippen LogP contribution in [0.2, 0.25) is 0 Å². The molecule has 2 heteroatoms. The van der Waals surface area contributed by atoms with Gasteiger partial charge in [0.05, 0.1) is 0 Å². The second-order valence-electron chi connectivity index (χ2n) is 6.65. The highest BCUT2D eigenvalue weighted by atomic mass is 15.2. The molecule has 1 aliphatic carbocycles. The fraction of sp³-hybridized carbons (Fsp3) is 1.00. The van der Waals surface area contributed by atoms with Crippen LogP contribution in [0.1, 0.15) is 59.8 Å². The molecule has 96 valence electrons. The molecule has 2 N–H and O–H groups in total. The summed E-state index contributed by atoms with van der Waals surface area (Å²) in [6.45, 7) is 10.1. The minimum Gasteiger partial charge on any atom is -0.329 e. The third kappa shape index (κ3) is 2.98. The van der Waals surface area contributed by atoms with Crippen molar-refractivity contribution < 1.29 is 0 Å². The van der Waals surface area contributed by atoms with Gasteiger partial charge in [0, 0.05) is 18.1 Å². The van der Waals surface area contributed by atoms with Crippen molar-refractivity contribution in [3.05, 3.63) is 0 Å². The Hall–Kier alpha value is -0.0800. The Balaban J connectivity index is 2.80. The summed E-state index contributed by atoms with van der Waals surface area (Å²) in [6.07, 6.45) is 6.50. The Labute approximate surface area is 102 Å². The maximum atomic E-state index is 6.09. The van der Waals surface area contributed by atoms with Crippen LogP contribution in [0.3, 0.4) is 0 Å². The summed E-state index contributed by atoms with van der Waals surface area (Å²) in [5, 5.41) is 0. The first-order valence-corrected chi connectivity index (χ1v) is 6.76. The lowest BCUT2D eigenvalue weighted by Crippen LogP contribution is -2.54. The average Bonchev–Trinajstić information content (AvgIpc) is 2.36. The maximum absolute atomic E-state index is 6.09. The van der Waals surface area contributed by atoms with E-state index in [1.165, 1.54) is 32.1 Å². The maximum Gasteiger partial charge on any atom is 0.0331 e. The lowest BCUT2D eigenvalue weighted by Gasteiger charge is -2.43. The Morgan fingerprint density at radius 2 is 1.75 bits per heavy atom. The van der Waals surface area contributed by atoms with E-state index in [1.807, 2.05) is 0 Å². The van der Waals surface area contributed by atoms with Gasteiger partial charge in [0.1, 0.15) is 0 Å². The number of nitrogens with two attached hydrogens (primary N) is 1.